The van der Waals surface area contributed by atoms with Crippen LogP contribution < -0.4 is 0 Å². The summed E-state index contributed by atoms with van der Waals surface area (Å²) in [6, 6.07) is 11.3. The fourth-order valence-corrected chi connectivity index (χ4v) is 1.71. The van der Waals surface area contributed by atoms with Crippen LogP contribution in [0, 0.1) is 0 Å². The van der Waals surface area contributed by atoms with Crippen molar-refractivity contribution in [3.05, 3.63) is 47.2 Å². The lowest BCUT2D eigenvalue weighted by Crippen LogP contribution is -1.91. The van der Waals surface area contributed by atoms with Crippen LogP contribution in [0.2, 0.25) is 5.02 Å². The molecule has 0 atom stereocenters. The Bertz CT molecular complexity index is 511. The maximum absolute atomic E-state index is 10.9. The SMILES string of the molecule is CC(=O)CCc1ccc(-c2ccc(Cl)cc2)o1. The summed E-state index contributed by atoms with van der Waals surface area (Å²) in [7, 11) is 0. The minimum atomic E-state index is 0.175. The fourth-order valence-electron chi connectivity index (χ4n) is 1.58. The molecule has 1 aromatic heterocycles. The van der Waals surface area contributed by atoms with Crippen LogP contribution in [-0.2, 0) is 11.2 Å². The summed E-state index contributed by atoms with van der Waals surface area (Å²) < 4.78 is 5.66. The van der Waals surface area contributed by atoms with Crippen molar-refractivity contribution in [1.82, 2.24) is 0 Å². The minimum Gasteiger partial charge on any atom is -0.461 e. The molecule has 0 saturated heterocycles. The van der Waals surface area contributed by atoms with Gasteiger partial charge in [0, 0.05) is 23.4 Å². The van der Waals surface area contributed by atoms with Gasteiger partial charge in [-0.15, -0.1) is 0 Å². The van der Waals surface area contributed by atoms with E-state index >= 15 is 0 Å². The molecule has 0 amide bonds. The van der Waals surface area contributed by atoms with E-state index in [1.54, 1.807) is 6.92 Å². The molecule has 88 valence electrons. The second kappa shape index (κ2) is 5.19. The molecule has 2 rings (SSSR count). The lowest BCUT2D eigenvalue weighted by molar-refractivity contribution is -0.117. The van der Waals surface area contributed by atoms with Gasteiger partial charge in [-0.25, -0.2) is 0 Å². The maximum atomic E-state index is 10.9. The first-order chi connectivity index (χ1) is 8.15. The van der Waals surface area contributed by atoms with Crippen LogP contribution >= 0.6 is 11.6 Å². The first kappa shape index (κ1) is 11.9. The normalized spacial score (nSPS) is 10.5. The molecule has 0 unspecified atom stereocenters. The van der Waals surface area contributed by atoms with E-state index in [2.05, 4.69) is 0 Å². The van der Waals surface area contributed by atoms with Gasteiger partial charge in [0.2, 0.25) is 0 Å². The van der Waals surface area contributed by atoms with Gasteiger partial charge in [0.15, 0.2) is 0 Å². The van der Waals surface area contributed by atoms with Crippen LogP contribution in [0.3, 0.4) is 0 Å². The lowest BCUT2D eigenvalue weighted by atomic mass is 10.2. The monoisotopic (exact) mass is 248 g/mol. The molecule has 0 aliphatic heterocycles. The predicted molar refractivity (Wildman–Crippen MR) is 68.2 cm³/mol. The third-order valence-electron chi connectivity index (χ3n) is 2.51. The van der Waals surface area contributed by atoms with Gasteiger partial charge >= 0.3 is 0 Å². The molecule has 0 spiro atoms. The van der Waals surface area contributed by atoms with Crippen molar-refractivity contribution in [3.63, 3.8) is 0 Å². The number of hydrogen-bond donors (Lipinski definition) is 0. The molecule has 2 aromatic rings. The fraction of sp³-hybridized carbons (Fsp3) is 0.214. The Morgan fingerprint density at radius 1 is 1.18 bits per heavy atom. The topological polar surface area (TPSA) is 30.2 Å². The van der Waals surface area contributed by atoms with Crippen molar-refractivity contribution in [3.8, 4) is 11.3 Å². The first-order valence-electron chi connectivity index (χ1n) is 5.49. The van der Waals surface area contributed by atoms with E-state index in [-0.39, 0.29) is 5.78 Å². The van der Waals surface area contributed by atoms with Crippen molar-refractivity contribution in [2.75, 3.05) is 0 Å². The van der Waals surface area contributed by atoms with Gasteiger partial charge in [-0.3, -0.25) is 0 Å². The van der Waals surface area contributed by atoms with Gasteiger partial charge in [0.05, 0.1) is 0 Å². The number of carbonyl (C=O) groups excluding carboxylic acids is 1. The molecule has 3 heteroatoms. The number of benzene rings is 1. The highest BCUT2D eigenvalue weighted by molar-refractivity contribution is 6.30. The Kier molecular flexibility index (Phi) is 3.64. The third-order valence-corrected chi connectivity index (χ3v) is 2.77. The second-order valence-electron chi connectivity index (χ2n) is 3.97. The lowest BCUT2D eigenvalue weighted by Gasteiger charge is -1.97. The number of furan rings is 1. The minimum absolute atomic E-state index is 0.175. The van der Waals surface area contributed by atoms with Gasteiger partial charge in [-0.1, -0.05) is 11.6 Å². The van der Waals surface area contributed by atoms with Gasteiger partial charge < -0.3 is 9.21 Å². The van der Waals surface area contributed by atoms with Crippen molar-refractivity contribution >= 4 is 17.4 Å². The molecule has 0 bridgehead atoms. The van der Waals surface area contributed by atoms with Crippen LogP contribution in [-0.4, -0.2) is 5.78 Å². The molecule has 0 fully saturated rings. The van der Waals surface area contributed by atoms with E-state index in [9.17, 15) is 4.79 Å². The summed E-state index contributed by atoms with van der Waals surface area (Å²) in [5, 5.41) is 0.706. The zero-order chi connectivity index (χ0) is 12.3. The van der Waals surface area contributed by atoms with Gasteiger partial charge in [-0.2, -0.15) is 0 Å². The van der Waals surface area contributed by atoms with Crippen LogP contribution in [0.15, 0.2) is 40.8 Å². The number of hydrogen-bond acceptors (Lipinski definition) is 2. The summed E-state index contributed by atoms with van der Waals surface area (Å²) in [6.07, 6.45) is 1.18. The summed E-state index contributed by atoms with van der Waals surface area (Å²) in [5.74, 6) is 1.82. The van der Waals surface area contributed by atoms with Crippen molar-refractivity contribution in [2.45, 2.75) is 19.8 Å². The number of rotatable bonds is 4. The van der Waals surface area contributed by atoms with Crippen LogP contribution in [0.4, 0.5) is 0 Å². The summed E-state index contributed by atoms with van der Waals surface area (Å²) >= 11 is 5.82. The molecule has 17 heavy (non-hydrogen) atoms. The van der Waals surface area contributed by atoms with Crippen LogP contribution in [0.5, 0.6) is 0 Å². The molecular formula is C14H13ClO2. The predicted octanol–water partition coefficient (Wildman–Crippen LogP) is 4.12. The highest BCUT2D eigenvalue weighted by Crippen LogP contribution is 2.24. The Morgan fingerprint density at radius 2 is 1.88 bits per heavy atom. The Balaban J connectivity index is 2.12. The van der Waals surface area contributed by atoms with E-state index in [4.69, 9.17) is 16.0 Å². The van der Waals surface area contributed by atoms with E-state index in [0.717, 1.165) is 17.1 Å². The zero-order valence-electron chi connectivity index (χ0n) is 9.57. The zero-order valence-corrected chi connectivity index (χ0v) is 10.3. The molecule has 1 heterocycles. The van der Waals surface area contributed by atoms with Gasteiger partial charge in [0.25, 0.3) is 0 Å². The van der Waals surface area contributed by atoms with Crippen molar-refractivity contribution in [1.29, 1.82) is 0 Å². The van der Waals surface area contributed by atoms with E-state index < -0.39 is 0 Å². The molecule has 0 saturated carbocycles. The standard InChI is InChI=1S/C14H13ClO2/c1-10(16)2-7-13-8-9-14(17-13)11-3-5-12(15)6-4-11/h3-6,8-9H,2,7H2,1H3. The smallest absolute Gasteiger partial charge is 0.134 e. The second-order valence-corrected chi connectivity index (χ2v) is 4.41. The first-order valence-corrected chi connectivity index (χ1v) is 5.87. The summed E-state index contributed by atoms with van der Waals surface area (Å²) in [6.45, 7) is 1.59. The molecular weight excluding hydrogens is 236 g/mol. The molecule has 0 radical (unpaired) electrons. The number of Topliss-reactive ketones (excluding diaryl/α,β-unsaturated/α-hetero) is 1. The highest BCUT2D eigenvalue weighted by Gasteiger charge is 2.05. The van der Waals surface area contributed by atoms with E-state index in [1.807, 2.05) is 36.4 Å². The summed E-state index contributed by atoms with van der Waals surface area (Å²) in [4.78, 5) is 10.9. The molecule has 0 aliphatic rings. The van der Waals surface area contributed by atoms with Gasteiger partial charge in [0.1, 0.15) is 17.3 Å². The summed E-state index contributed by atoms with van der Waals surface area (Å²) in [5.41, 5.74) is 0.989. The van der Waals surface area contributed by atoms with Crippen LogP contribution in [0.1, 0.15) is 19.1 Å². The molecule has 1 aromatic carbocycles. The number of aryl methyl sites for hydroxylation is 1. The Morgan fingerprint density at radius 3 is 2.53 bits per heavy atom. The number of carbonyl (C=O) groups is 1. The largest absolute Gasteiger partial charge is 0.461 e. The Labute approximate surface area is 105 Å². The molecule has 0 aliphatic carbocycles. The Hall–Kier alpha value is -1.54. The van der Waals surface area contributed by atoms with Crippen molar-refractivity contribution in [2.24, 2.45) is 0 Å². The molecule has 0 N–H and O–H groups in total. The molecule has 2 nitrogen and oxygen atoms in total. The highest BCUT2D eigenvalue weighted by atomic mass is 35.5. The average molecular weight is 249 g/mol. The van der Waals surface area contributed by atoms with E-state index in [1.165, 1.54) is 0 Å². The van der Waals surface area contributed by atoms with Gasteiger partial charge in [-0.05, 0) is 43.3 Å². The maximum Gasteiger partial charge on any atom is 0.134 e. The van der Waals surface area contributed by atoms with Crippen LogP contribution in [0.25, 0.3) is 11.3 Å². The van der Waals surface area contributed by atoms with Crippen molar-refractivity contribution < 1.29 is 9.21 Å². The average Bonchev–Trinajstić information content (AvgIpc) is 2.76. The number of halogens is 1. The van der Waals surface area contributed by atoms with E-state index in [0.29, 0.717) is 17.9 Å². The number of ketones is 1. The third kappa shape index (κ3) is 3.21. The quantitative estimate of drug-likeness (QED) is 0.815.